The number of piperazine rings is 1. The predicted molar refractivity (Wildman–Crippen MR) is 113 cm³/mol. The van der Waals surface area contributed by atoms with E-state index >= 15 is 0 Å². The summed E-state index contributed by atoms with van der Waals surface area (Å²) >= 11 is 0. The summed E-state index contributed by atoms with van der Waals surface area (Å²) in [5.74, 6) is 0.0401. The van der Waals surface area contributed by atoms with Gasteiger partial charge < -0.3 is 19.7 Å². The van der Waals surface area contributed by atoms with Crippen molar-refractivity contribution in [1.29, 1.82) is 0 Å². The first-order valence-corrected chi connectivity index (χ1v) is 10.7. The minimum atomic E-state index is 0.0245. The van der Waals surface area contributed by atoms with Crippen LogP contribution in [-0.4, -0.2) is 58.5 Å². The number of carbonyl (C=O) groups excluding carboxylic acids is 2. The van der Waals surface area contributed by atoms with Crippen LogP contribution in [0.15, 0.2) is 48.7 Å². The molecule has 154 valence electrons. The third-order valence-corrected chi connectivity index (χ3v) is 6.03. The number of rotatable bonds is 4. The van der Waals surface area contributed by atoms with Crippen molar-refractivity contribution in [2.45, 2.75) is 44.7 Å². The van der Waals surface area contributed by atoms with E-state index in [0.717, 1.165) is 12.8 Å². The Bertz CT molecular complexity index is 818. The largest absolute Gasteiger partial charge is 0.339 e. The number of nitrogens with one attached hydrogen (secondary N) is 1. The van der Waals surface area contributed by atoms with Crippen LogP contribution >= 0.6 is 0 Å². The van der Waals surface area contributed by atoms with E-state index in [-0.39, 0.29) is 11.9 Å². The van der Waals surface area contributed by atoms with Crippen LogP contribution in [0.5, 0.6) is 0 Å². The summed E-state index contributed by atoms with van der Waals surface area (Å²) in [6.07, 6.45) is 7.81. The molecule has 1 N–H and O–H groups in total. The van der Waals surface area contributed by atoms with Gasteiger partial charge in [-0.25, -0.2) is 4.79 Å². The van der Waals surface area contributed by atoms with Gasteiger partial charge in [-0.15, -0.1) is 0 Å². The molecule has 0 spiro atoms. The Morgan fingerprint density at radius 1 is 0.862 bits per heavy atom. The van der Waals surface area contributed by atoms with Gasteiger partial charge in [0, 0.05) is 45.0 Å². The molecule has 0 unspecified atom stereocenters. The van der Waals surface area contributed by atoms with Gasteiger partial charge in [-0.1, -0.05) is 49.6 Å². The van der Waals surface area contributed by atoms with Crippen molar-refractivity contribution >= 4 is 11.9 Å². The molecule has 1 aromatic heterocycles. The predicted octanol–water partition coefficient (Wildman–Crippen LogP) is 3.34. The maximum Gasteiger partial charge on any atom is 0.317 e. The Morgan fingerprint density at radius 2 is 1.55 bits per heavy atom. The van der Waals surface area contributed by atoms with Gasteiger partial charge in [0.05, 0.1) is 0 Å². The van der Waals surface area contributed by atoms with Gasteiger partial charge in [0.2, 0.25) is 0 Å². The molecule has 0 radical (unpaired) electrons. The van der Waals surface area contributed by atoms with Gasteiger partial charge in [-0.05, 0) is 30.5 Å². The monoisotopic (exact) mass is 394 g/mol. The average molecular weight is 395 g/mol. The number of hydrogen-bond acceptors (Lipinski definition) is 2. The van der Waals surface area contributed by atoms with Gasteiger partial charge in [0.1, 0.15) is 5.69 Å². The van der Waals surface area contributed by atoms with Crippen molar-refractivity contribution in [3.63, 3.8) is 0 Å². The average Bonchev–Trinajstić information content (AvgIpc) is 3.23. The lowest BCUT2D eigenvalue weighted by Crippen LogP contribution is -2.54. The molecule has 6 heteroatoms. The van der Waals surface area contributed by atoms with Crippen LogP contribution in [-0.2, 0) is 6.54 Å². The normalized spacial score (nSPS) is 17.9. The van der Waals surface area contributed by atoms with Crippen LogP contribution in [0.25, 0.3) is 0 Å². The Balaban J connectivity index is 1.31. The highest BCUT2D eigenvalue weighted by molar-refractivity contribution is 5.93. The summed E-state index contributed by atoms with van der Waals surface area (Å²) in [7, 11) is 0. The number of amides is 3. The Morgan fingerprint density at radius 3 is 2.28 bits per heavy atom. The summed E-state index contributed by atoms with van der Waals surface area (Å²) < 4.78 is 2.00. The fourth-order valence-corrected chi connectivity index (χ4v) is 4.31. The third kappa shape index (κ3) is 4.81. The minimum Gasteiger partial charge on any atom is -0.339 e. The van der Waals surface area contributed by atoms with E-state index in [0.29, 0.717) is 44.5 Å². The van der Waals surface area contributed by atoms with E-state index in [9.17, 15) is 9.59 Å². The second-order valence-corrected chi connectivity index (χ2v) is 8.07. The molecule has 1 aliphatic carbocycles. The molecular formula is C23H30N4O2. The quantitative estimate of drug-likeness (QED) is 0.865. The van der Waals surface area contributed by atoms with E-state index < -0.39 is 0 Å². The first-order valence-electron chi connectivity index (χ1n) is 10.7. The van der Waals surface area contributed by atoms with Gasteiger partial charge in [0.25, 0.3) is 5.91 Å². The molecule has 2 aliphatic rings. The number of urea groups is 1. The molecule has 2 aromatic rings. The Hall–Kier alpha value is -2.76. The number of hydrogen-bond donors (Lipinski definition) is 1. The third-order valence-electron chi connectivity index (χ3n) is 6.03. The van der Waals surface area contributed by atoms with Crippen molar-refractivity contribution in [2.75, 3.05) is 26.2 Å². The molecule has 1 aromatic carbocycles. The number of aromatic nitrogens is 1. The fourth-order valence-electron chi connectivity index (χ4n) is 4.31. The van der Waals surface area contributed by atoms with Crippen LogP contribution in [0.3, 0.4) is 0 Å². The smallest absolute Gasteiger partial charge is 0.317 e. The molecule has 3 amide bonds. The van der Waals surface area contributed by atoms with Crippen molar-refractivity contribution in [2.24, 2.45) is 0 Å². The molecule has 1 aliphatic heterocycles. The van der Waals surface area contributed by atoms with E-state index in [1.54, 1.807) is 0 Å². The van der Waals surface area contributed by atoms with Crippen LogP contribution in [0, 0.1) is 0 Å². The van der Waals surface area contributed by atoms with Crippen LogP contribution in [0.4, 0.5) is 4.79 Å². The highest BCUT2D eigenvalue weighted by Gasteiger charge is 2.27. The summed E-state index contributed by atoms with van der Waals surface area (Å²) in [5.41, 5.74) is 1.87. The van der Waals surface area contributed by atoms with Crippen LogP contribution < -0.4 is 5.32 Å². The van der Waals surface area contributed by atoms with E-state index in [2.05, 4.69) is 17.4 Å². The summed E-state index contributed by atoms with van der Waals surface area (Å²) in [6.45, 7) is 3.01. The lowest BCUT2D eigenvalue weighted by atomic mass is 9.96. The SMILES string of the molecule is O=C(NC1CCCCC1)N1CCN(C(=O)c2cccn2Cc2ccccc2)CC1. The number of nitrogens with zero attached hydrogens (tertiary/aromatic N) is 3. The zero-order valence-corrected chi connectivity index (χ0v) is 16.9. The second kappa shape index (κ2) is 9.16. The second-order valence-electron chi connectivity index (χ2n) is 8.07. The van der Waals surface area contributed by atoms with Gasteiger partial charge in [0.15, 0.2) is 0 Å². The maximum atomic E-state index is 13.1. The molecule has 2 heterocycles. The van der Waals surface area contributed by atoms with E-state index in [4.69, 9.17) is 0 Å². The topological polar surface area (TPSA) is 57.6 Å². The summed E-state index contributed by atoms with van der Waals surface area (Å²) in [4.78, 5) is 29.3. The molecule has 2 fully saturated rings. The first-order chi connectivity index (χ1) is 14.2. The Kier molecular flexibility index (Phi) is 6.17. The van der Waals surface area contributed by atoms with E-state index in [1.165, 1.54) is 24.8 Å². The lowest BCUT2D eigenvalue weighted by Gasteiger charge is -2.36. The molecule has 29 heavy (non-hydrogen) atoms. The summed E-state index contributed by atoms with van der Waals surface area (Å²) in [5, 5.41) is 3.18. The van der Waals surface area contributed by atoms with Crippen molar-refractivity contribution in [3.05, 3.63) is 59.9 Å². The van der Waals surface area contributed by atoms with Crippen molar-refractivity contribution < 1.29 is 9.59 Å². The van der Waals surface area contributed by atoms with Gasteiger partial charge in [-0.3, -0.25) is 4.79 Å². The first kappa shape index (κ1) is 19.6. The molecule has 1 saturated carbocycles. The van der Waals surface area contributed by atoms with Crippen molar-refractivity contribution in [1.82, 2.24) is 19.7 Å². The van der Waals surface area contributed by atoms with E-state index in [1.807, 2.05) is 50.9 Å². The lowest BCUT2D eigenvalue weighted by molar-refractivity contribution is 0.0652. The highest BCUT2D eigenvalue weighted by atomic mass is 16.2. The molecule has 4 rings (SSSR count). The van der Waals surface area contributed by atoms with Gasteiger partial charge in [-0.2, -0.15) is 0 Å². The maximum absolute atomic E-state index is 13.1. The zero-order valence-electron chi connectivity index (χ0n) is 16.9. The van der Waals surface area contributed by atoms with Crippen LogP contribution in [0.1, 0.15) is 48.2 Å². The fraction of sp³-hybridized carbons (Fsp3) is 0.478. The molecular weight excluding hydrogens is 364 g/mol. The molecule has 0 atom stereocenters. The zero-order chi connectivity index (χ0) is 20.1. The molecule has 0 bridgehead atoms. The number of benzene rings is 1. The minimum absolute atomic E-state index is 0.0245. The summed E-state index contributed by atoms with van der Waals surface area (Å²) in [6, 6.07) is 14.3. The standard InChI is InChI=1S/C23H30N4O2/c28-22(21-12-7-13-27(21)18-19-8-3-1-4-9-19)25-14-16-26(17-15-25)23(29)24-20-10-5-2-6-11-20/h1,3-4,7-9,12-13,20H,2,5-6,10-11,14-18H2,(H,24,29). The van der Waals surface area contributed by atoms with Crippen LogP contribution in [0.2, 0.25) is 0 Å². The van der Waals surface area contributed by atoms with Gasteiger partial charge >= 0.3 is 6.03 Å². The molecule has 1 saturated heterocycles. The Labute approximate surface area is 172 Å². The van der Waals surface area contributed by atoms with Crippen molar-refractivity contribution in [3.8, 4) is 0 Å². The number of carbonyl (C=O) groups is 2. The molecule has 6 nitrogen and oxygen atoms in total. The highest BCUT2D eigenvalue weighted by Crippen LogP contribution is 2.18.